The number of hydrogen-bond donors (Lipinski definition) is 3. The summed E-state index contributed by atoms with van der Waals surface area (Å²) < 4.78 is 5.21. The molecule has 3 N–H and O–H groups in total. The maximum atomic E-state index is 11.6. The van der Waals surface area contributed by atoms with Crippen LogP contribution in [0, 0.1) is 0 Å². The van der Waals surface area contributed by atoms with Gasteiger partial charge in [-0.25, -0.2) is 4.79 Å². The minimum Gasteiger partial charge on any atom is -0.444 e. The van der Waals surface area contributed by atoms with Crippen LogP contribution < -0.4 is 16.0 Å². The molecule has 1 saturated heterocycles. The van der Waals surface area contributed by atoms with Crippen LogP contribution >= 0.6 is 24.0 Å². The van der Waals surface area contributed by atoms with Crippen LogP contribution in [0.3, 0.4) is 0 Å². The smallest absolute Gasteiger partial charge is 0.407 e. The fraction of sp³-hybridized carbons (Fsp3) is 0.636. The molecule has 0 saturated carbocycles. The summed E-state index contributed by atoms with van der Waals surface area (Å²) in [4.78, 5) is 18.4. The summed E-state index contributed by atoms with van der Waals surface area (Å²) in [7, 11) is 1.73. The predicted octanol–water partition coefficient (Wildman–Crippen LogP) is 3.48. The number of alkyl carbamates (subject to hydrolysis) is 1. The Morgan fingerprint density at radius 1 is 1.00 bits per heavy atom. The van der Waals surface area contributed by atoms with Gasteiger partial charge in [-0.15, -0.1) is 24.0 Å². The fourth-order valence-corrected chi connectivity index (χ4v) is 3.20. The van der Waals surface area contributed by atoms with Gasteiger partial charge in [-0.05, 0) is 57.8 Å². The van der Waals surface area contributed by atoms with Crippen LogP contribution in [0.1, 0.15) is 51.2 Å². The molecular formula is C22H38IN5O2. The Hall–Kier alpha value is -1.55. The van der Waals surface area contributed by atoms with Gasteiger partial charge >= 0.3 is 6.09 Å². The largest absolute Gasteiger partial charge is 0.444 e. The van der Waals surface area contributed by atoms with E-state index in [0.717, 1.165) is 6.54 Å². The highest BCUT2D eigenvalue weighted by molar-refractivity contribution is 14.0. The van der Waals surface area contributed by atoms with Crippen LogP contribution in [0.4, 0.5) is 4.79 Å². The second-order valence-corrected chi connectivity index (χ2v) is 8.43. The lowest BCUT2D eigenvalue weighted by Gasteiger charge is -2.26. The first-order valence-electron chi connectivity index (χ1n) is 10.6. The van der Waals surface area contributed by atoms with E-state index < -0.39 is 11.7 Å². The molecule has 7 nitrogen and oxygen atoms in total. The van der Waals surface area contributed by atoms with E-state index in [0.29, 0.717) is 25.6 Å². The molecule has 0 aromatic heterocycles. The van der Waals surface area contributed by atoms with E-state index >= 15 is 0 Å². The van der Waals surface area contributed by atoms with E-state index in [1.54, 1.807) is 7.05 Å². The van der Waals surface area contributed by atoms with Crippen molar-refractivity contribution in [2.45, 2.75) is 58.7 Å². The zero-order chi connectivity index (χ0) is 21.1. The number of carbonyl (C=O) groups is 1. The first-order chi connectivity index (χ1) is 13.9. The van der Waals surface area contributed by atoms with Crippen LogP contribution in [0.5, 0.6) is 0 Å². The number of amides is 1. The molecule has 1 amide bonds. The van der Waals surface area contributed by atoms with Gasteiger partial charge < -0.3 is 20.7 Å². The van der Waals surface area contributed by atoms with E-state index in [-0.39, 0.29) is 24.0 Å². The number of benzene rings is 1. The van der Waals surface area contributed by atoms with Crippen molar-refractivity contribution in [3.05, 3.63) is 35.4 Å². The van der Waals surface area contributed by atoms with E-state index in [1.165, 1.54) is 43.5 Å². The standard InChI is InChI=1S/C22H37N5O2.HI/c1-22(2,3)29-21(28)25-13-12-24-20(23-4)26-16-18-8-10-19(11-9-18)17-27-14-6-5-7-15-27;/h8-11H,5-7,12-17H2,1-4H3,(H,25,28)(H2,23,24,26);1H. The number of piperidine rings is 1. The molecule has 1 fully saturated rings. The number of likely N-dealkylation sites (tertiary alicyclic amines) is 1. The first kappa shape index (κ1) is 26.5. The monoisotopic (exact) mass is 531 g/mol. The number of nitrogens with one attached hydrogen (secondary N) is 3. The van der Waals surface area contributed by atoms with Gasteiger partial charge in [0.2, 0.25) is 0 Å². The number of guanidine groups is 1. The van der Waals surface area contributed by atoms with Gasteiger partial charge in [-0.1, -0.05) is 30.7 Å². The minimum atomic E-state index is -0.488. The Morgan fingerprint density at radius 2 is 1.60 bits per heavy atom. The van der Waals surface area contributed by atoms with Gasteiger partial charge in [0.15, 0.2) is 5.96 Å². The molecule has 1 aliphatic heterocycles. The van der Waals surface area contributed by atoms with Crippen LogP contribution in [-0.4, -0.2) is 55.8 Å². The van der Waals surface area contributed by atoms with Gasteiger partial charge in [0.1, 0.15) is 5.60 Å². The Balaban J connectivity index is 0.00000450. The second-order valence-electron chi connectivity index (χ2n) is 8.43. The molecule has 0 bridgehead atoms. The molecule has 2 rings (SSSR count). The van der Waals surface area contributed by atoms with Crippen LogP contribution in [-0.2, 0) is 17.8 Å². The van der Waals surface area contributed by atoms with E-state index in [9.17, 15) is 4.79 Å². The highest BCUT2D eigenvalue weighted by Crippen LogP contribution is 2.13. The summed E-state index contributed by atoms with van der Waals surface area (Å²) in [6.45, 7) is 10.7. The number of rotatable bonds is 7. The molecular weight excluding hydrogens is 493 g/mol. The number of nitrogens with zero attached hydrogens (tertiary/aromatic N) is 2. The third-order valence-corrected chi connectivity index (χ3v) is 4.65. The topological polar surface area (TPSA) is 78.0 Å². The van der Waals surface area contributed by atoms with Gasteiger partial charge in [0.05, 0.1) is 0 Å². The number of carbonyl (C=O) groups excluding carboxylic acids is 1. The van der Waals surface area contributed by atoms with E-state index in [2.05, 4.69) is 50.1 Å². The fourth-order valence-electron chi connectivity index (χ4n) is 3.20. The molecule has 0 spiro atoms. The summed E-state index contributed by atoms with van der Waals surface area (Å²) in [5.74, 6) is 0.702. The van der Waals surface area contributed by atoms with Crippen LogP contribution in [0.25, 0.3) is 0 Å². The van der Waals surface area contributed by atoms with Crippen LogP contribution in [0.15, 0.2) is 29.3 Å². The quantitative estimate of drug-likeness (QED) is 0.218. The Morgan fingerprint density at radius 3 is 2.20 bits per heavy atom. The Kier molecular flexibility index (Phi) is 12.1. The van der Waals surface area contributed by atoms with Crippen molar-refractivity contribution in [1.29, 1.82) is 0 Å². The van der Waals surface area contributed by atoms with Gasteiger partial charge in [0.25, 0.3) is 0 Å². The van der Waals surface area contributed by atoms with Gasteiger partial charge in [0, 0.05) is 33.2 Å². The molecule has 1 aliphatic rings. The summed E-state index contributed by atoms with van der Waals surface area (Å²) in [5.41, 5.74) is 2.09. The Bertz CT molecular complexity index is 652. The highest BCUT2D eigenvalue weighted by atomic mass is 127. The third-order valence-electron chi connectivity index (χ3n) is 4.65. The zero-order valence-corrected chi connectivity index (χ0v) is 21.1. The molecule has 0 unspecified atom stereocenters. The van der Waals surface area contributed by atoms with Crippen molar-refractivity contribution in [1.82, 2.24) is 20.9 Å². The van der Waals surface area contributed by atoms with Crippen molar-refractivity contribution in [3.63, 3.8) is 0 Å². The molecule has 30 heavy (non-hydrogen) atoms. The van der Waals surface area contributed by atoms with Crippen molar-refractivity contribution in [2.75, 3.05) is 33.2 Å². The Labute approximate surface area is 198 Å². The highest BCUT2D eigenvalue weighted by Gasteiger charge is 2.15. The minimum absolute atomic E-state index is 0. The molecule has 0 radical (unpaired) electrons. The van der Waals surface area contributed by atoms with Crippen LogP contribution in [0.2, 0.25) is 0 Å². The molecule has 1 aromatic rings. The molecule has 0 atom stereocenters. The molecule has 1 aromatic carbocycles. The first-order valence-corrected chi connectivity index (χ1v) is 10.6. The van der Waals surface area contributed by atoms with Gasteiger partial charge in [-0.2, -0.15) is 0 Å². The number of aliphatic imine (C=N–C) groups is 1. The average Bonchev–Trinajstić information content (AvgIpc) is 2.68. The summed E-state index contributed by atoms with van der Waals surface area (Å²) >= 11 is 0. The van der Waals surface area contributed by atoms with Crippen molar-refractivity contribution >= 4 is 36.0 Å². The van der Waals surface area contributed by atoms with Gasteiger partial charge in [-0.3, -0.25) is 9.89 Å². The average molecular weight is 531 g/mol. The lowest BCUT2D eigenvalue weighted by molar-refractivity contribution is 0.0529. The lowest BCUT2D eigenvalue weighted by atomic mass is 10.1. The second kappa shape index (κ2) is 13.7. The predicted molar refractivity (Wildman–Crippen MR) is 133 cm³/mol. The van der Waals surface area contributed by atoms with E-state index in [4.69, 9.17) is 4.74 Å². The summed E-state index contributed by atoms with van der Waals surface area (Å²) in [6, 6.07) is 8.77. The lowest BCUT2D eigenvalue weighted by Crippen LogP contribution is -2.42. The third kappa shape index (κ3) is 11.0. The molecule has 0 aliphatic carbocycles. The number of halogens is 1. The summed E-state index contributed by atoms with van der Waals surface area (Å²) in [6.07, 6.45) is 3.60. The molecule has 8 heteroatoms. The zero-order valence-electron chi connectivity index (χ0n) is 18.8. The molecule has 170 valence electrons. The maximum Gasteiger partial charge on any atom is 0.407 e. The SMILES string of the molecule is CN=C(NCCNC(=O)OC(C)(C)C)NCc1ccc(CN2CCCCC2)cc1.I. The van der Waals surface area contributed by atoms with Crippen molar-refractivity contribution in [3.8, 4) is 0 Å². The normalized spacial score (nSPS) is 15.1. The number of ether oxygens (including phenoxy) is 1. The van der Waals surface area contributed by atoms with Crippen molar-refractivity contribution < 1.29 is 9.53 Å². The maximum absolute atomic E-state index is 11.6. The summed E-state index contributed by atoms with van der Waals surface area (Å²) in [5, 5.41) is 9.20. The van der Waals surface area contributed by atoms with E-state index in [1.807, 2.05) is 20.8 Å². The number of hydrogen-bond acceptors (Lipinski definition) is 4. The van der Waals surface area contributed by atoms with Crippen molar-refractivity contribution in [2.24, 2.45) is 4.99 Å². The molecule has 1 heterocycles.